The predicted molar refractivity (Wildman–Crippen MR) is 226 cm³/mol. The topological polar surface area (TPSA) is 0 Å². The molecule has 1 heteroatoms. The van der Waals surface area contributed by atoms with Gasteiger partial charge < -0.3 is 0 Å². The molecule has 0 aliphatic heterocycles. The molecular weight excluding hydrogens is 587 g/mol. The Morgan fingerprint density at radius 3 is 1.73 bits per heavy atom. The molecule has 0 heterocycles. The summed E-state index contributed by atoms with van der Waals surface area (Å²) in [7, 11) is 5.94. The molecule has 3 aromatic rings. The van der Waals surface area contributed by atoms with Gasteiger partial charge >= 0.3 is 0 Å². The number of hydrogen-bond donors (Lipinski definition) is 0. The second kappa shape index (κ2) is 26.3. The molecule has 0 unspecified atom stereocenters. The van der Waals surface area contributed by atoms with Crippen molar-refractivity contribution in [2.24, 2.45) is 0 Å². The average molecular weight is 657 g/mol. The van der Waals surface area contributed by atoms with Crippen molar-refractivity contribution in [3.05, 3.63) is 160 Å². The summed E-state index contributed by atoms with van der Waals surface area (Å²) in [6, 6.07) is 28.1. The second-order valence-corrected chi connectivity index (χ2v) is 12.4. The molecule has 0 N–H and O–H groups in total. The molecule has 1 aliphatic rings. The minimum atomic E-state index is 0.277. The van der Waals surface area contributed by atoms with E-state index in [2.05, 4.69) is 146 Å². The van der Waals surface area contributed by atoms with Gasteiger partial charge in [-0.3, -0.25) is 0 Å². The SMILES string of the molecule is C=C(C)C1(c2ccccc2)CCCCC1.CC.CC.CCc1cccc(CC)c1.[B]\C(C=C)=C(C)/C=C(\C=C(\C)CC)c1ccccc1C. The Balaban J connectivity index is 0.000000700. The summed E-state index contributed by atoms with van der Waals surface area (Å²) in [6.45, 7) is 31.0. The van der Waals surface area contributed by atoms with Gasteiger partial charge in [0.1, 0.15) is 7.85 Å². The molecule has 0 nitrogen and oxygen atoms in total. The van der Waals surface area contributed by atoms with Crippen molar-refractivity contribution in [2.45, 2.75) is 133 Å². The molecule has 3 aromatic carbocycles. The monoisotopic (exact) mass is 657 g/mol. The lowest BCUT2D eigenvalue weighted by atomic mass is 9.66. The zero-order valence-electron chi connectivity index (χ0n) is 33.4. The van der Waals surface area contributed by atoms with Crippen molar-refractivity contribution in [3.63, 3.8) is 0 Å². The van der Waals surface area contributed by atoms with Crippen LogP contribution in [0.1, 0.15) is 136 Å². The van der Waals surface area contributed by atoms with E-state index in [0.29, 0.717) is 0 Å². The molecule has 264 valence electrons. The highest BCUT2D eigenvalue weighted by Gasteiger charge is 2.34. The first-order chi connectivity index (χ1) is 23.6. The maximum absolute atomic E-state index is 5.94. The maximum Gasteiger partial charge on any atom is 0.114 e. The van der Waals surface area contributed by atoms with E-state index in [1.54, 1.807) is 6.08 Å². The van der Waals surface area contributed by atoms with Gasteiger partial charge in [0.05, 0.1) is 0 Å². The quantitative estimate of drug-likeness (QED) is 0.122. The fourth-order valence-electron chi connectivity index (χ4n) is 5.88. The molecule has 0 saturated heterocycles. The molecule has 1 aliphatic carbocycles. The van der Waals surface area contributed by atoms with Crippen LogP contribution in [0.4, 0.5) is 0 Å². The van der Waals surface area contributed by atoms with Crippen LogP contribution < -0.4 is 0 Å². The summed E-state index contributed by atoms with van der Waals surface area (Å²) in [4.78, 5) is 0. The highest BCUT2D eigenvalue weighted by Crippen LogP contribution is 2.44. The highest BCUT2D eigenvalue weighted by molar-refractivity contribution is 6.24. The van der Waals surface area contributed by atoms with Gasteiger partial charge in [-0.2, -0.15) is 0 Å². The molecule has 0 bridgehead atoms. The number of benzene rings is 3. The summed E-state index contributed by atoms with van der Waals surface area (Å²) < 4.78 is 0. The second-order valence-electron chi connectivity index (χ2n) is 12.4. The van der Waals surface area contributed by atoms with Crippen LogP contribution in [-0.2, 0) is 18.3 Å². The molecule has 1 saturated carbocycles. The van der Waals surface area contributed by atoms with E-state index in [1.165, 1.54) is 76.6 Å². The standard InChI is InChI=1S/C19H23B.C15H20.C10H14.2C2H6/c1-6-14(3)12-17(13-16(5)19(20)7-2)18-11-9-8-10-15(18)4;1-13(2)15(11-7-4-8-12-15)14-9-5-3-6-10-14;1-3-9-6-5-7-10(4-2)8-9;2*1-2/h7-13H,2,6H2,1,3-5H3;3,5-6,9-10H,1,4,7-8,11-12H2,2H3;5-8H,3-4H2,1-2H3;2*1-2H3/b14-12-,17-13+,19-16-;;;;. The summed E-state index contributed by atoms with van der Waals surface area (Å²) >= 11 is 0. The highest BCUT2D eigenvalue weighted by atomic mass is 14.4. The van der Waals surface area contributed by atoms with E-state index in [-0.39, 0.29) is 5.41 Å². The molecule has 1 fully saturated rings. The van der Waals surface area contributed by atoms with Crippen molar-refractivity contribution >= 4 is 13.4 Å². The van der Waals surface area contributed by atoms with E-state index in [0.717, 1.165) is 30.3 Å². The van der Waals surface area contributed by atoms with E-state index in [9.17, 15) is 0 Å². The van der Waals surface area contributed by atoms with Gasteiger partial charge in [0.2, 0.25) is 0 Å². The Kier molecular flexibility index (Phi) is 24.4. The zero-order valence-corrected chi connectivity index (χ0v) is 33.4. The molecule has 4 rings (SSSR count). The van der Waals surface area contributed by atoms with Gasteiger partial charge in [0.25, 0.3) is 0 Å². The Morgan fingerprint density at radius 2 is 1.27 bits per heavy atom. The van der Waals surface area contributed by atoms with Crippen molar-refractivity contribution in [1.82, 2.24) is 0 Å². The minimum Gasteiger partial charge on any atom is -0.0996 e. The third-order valence-electron chi connectivity index (χ3n) is 9.12. The molecule has 2 radical (unpaired) electrons. The van der Waals surface area contributed by atoms with Crippen LogP contribution in [-0.4, -0.2) is 7.85 Å². The predicted octanol–water partition coefficient (Wildman–Crippen LogP) is 14.7. The van der Waals surface area contributed by atoms with Crippen LogP contribution in [0.25, 0.3) is 5.57 Å². The van der Waals surface area contributed by atoms with Crippen molar-refractivity contribution in [3.8, 4) is 0 Å². The van der Waals surface area contributed by atoms with Gasteiger partial charge in [0, 0.05) is 5.41 Å². The first-order valence-electron chi connectivity index (χ1n) is 18.9. The largest absolute Gasteiger partial charge is 0.114 e. The lowest BCUT2D eigenvalue weighted by Gasteiger charge is -2.38. The molecular formula is C48H69B. The number of hydrogen-bond acceptors (Lipinski definition) is 0. The third-order valence-corrected chi connectivity index (χ3v) is 9.12. The van der Waals surface area contributed by atoms with E-state index < -0.39 is 0 Å². The Labute approximate surface area is 305 Å². The summed E-state index contributed by atoms with van der Waals surface area (Å²) in [5, 5.41) is 0. The number of allylic oxidation sites excluding steroid dienone is 8. The molecule has 0 amide bonds. The molecule has 0 aromatic heterocycles. The van der Waals surface area contributed by atoms with E-state index >= 15 is 0 Å². The van der Waals surface area contributed by atoms with Crippen LogP contribution in [0.2, 0.25) is 0 Å². The van der Waals surface area contributed by atoms with Gasteiger partial charge in [0.15, 0.2) is 0 Å². The Bertz CT molecular complexity index is 1420. The summed E-state index contributed by atoms with van der Waals surface area (Å²) in [5.41, 5.74) is 12.8. The third kappa shape index (κ3) is 15.7. The molecule has 0 atom stereocenters. The van der Waals surface area contributed by atoms with E-state index in [4.69, 9.17) is 7.85 Å². The first-order valence-corrected chi connectivity index (χ1v) is 18.9. The van der Waals surface area contributed by atoms with Crippen molar-refractivity contribution in [2.75, 3.05) is 0 Å². The molecule has 49 heavy (non-hydrogen) atoms. The molecule has 0 spiro atoms. The maximum atomic E-state index is 5.94. The van der Waals surface area contributed by atoms with Gasteiger partial charge in [-0.15, -0.1) is 0 Å². The summed E-state index contributed by atoms with van der Waals surface area (Å²) in [6.07, 6.45) is 16.1. The van der Waals surface area contributed by atoms with Crippen LogP contribution in [0.5, 0.6) is 0 Å². The lowest BCUT2D eigenvalue weighted by Crippen LogP contribution is -2.29. The van der Waals surface area contributed by atoms with Crippen LogP contribution in [0.3, 0.4) is 0 Å². The fourth-order valence-corrected chi connectivity index (χ4v) is 5.88. The van der Waals surface area contributed by atoms with Gasteiger partial charge in [-0.25, -0.2) is 0 Å². The first kappa shape index (κ1) is 45.4. The lowest BCUT2D eigenvalue weighted by molar-refractivity contribution is 0.340. The fraction of sp³-hybridized carbons (Fsp3) is 0.417. The minimum absolute atomic E-state index is 0.277. The average Bonchev–Trinajstić information content (AvgIpc) is 3.17. The van der Waals surface area contributed by atoms with Crippen LogP contribution in [0, 0.1) is 6.92 Å². The van der Waals surface area contributed by atoms with Crippen LogP contribution >= 0.6 is 0 Å². The van der Waals surface area contributed by atoms with Gasteiger partial charge in [-0.05, 0) is 93.2 Å². The van der Waals surface area contributed by atoms with Crippen molar-refractivity contribution < 1.29 is 0 Å². The van der Waals surface area contributed by atoms with Gasteiger partial charge in [-0.1, -0.05) is 200 Å². The Morgan fingerprint density at radius 1 is 0.735 bits per heavy atom. The Hall–Kier alpha value is -3.58. The van der Waals surface area contributed by atoms with E-state index in [1.807, 2.05) is 34.6 Å². The summed E-state index contributed by atoms with van der Waals surface area (Å²) in [5.74, 6) is 0. The zero-order chi connectivity index (χ0) is 37.2. The van der Waals surface area contributed by atoms with Crippen molar-refractivity contribution in [1.29, 1.82) is 0 Å². The van der Waals surface area contributed by atoms with Crippen LogP contribution in [0.15, 0.2) is 132 Å². The number of rotatable bonds is 9. The number of aryl methyl sites for hydroxylation is 3. The normalized spacial score (nSPS) is 14.0. The smallest absolute Gasteiger partial charge is 0.0996 e.